The van der Waals surface area contributed by atoms with E-state index in [0.717, 1.165) is 11.0 Å². The minimum Gasteiger partial charge on any atom is -0.482 e. The Kier molecular flexibility index (Phi) is 5.43. The standard InChI is InChI=1S/C19H17ClFN3O5/c1-19(2,13-5-3-11(21)7-14(13)20)22-17(25)9-23-15-8-12(24(27)28)4-6-16(15)29-10-18(23)26/h3-8H,9-10H2,1-2H3,(H,22,25). The second-order valence-electron chi connectivity index (χ2n) is 6.98. The number of anilines is 1. The summed E-state index contributed by atoms with van der Waals surface area (Å²) in [5, 5.41) is 13.9. The summed E-state index contributed by atoms with van der Waals surface area (Å²) >= 11 is 6.09. The molecule has 0 fully saturated rings. The number of hydrogen-bond donors (Lipinski definition) is 1. The molecule has 0 aliphatic carbocycles. The van der Waals surface area contributed by atoms with Gasteiger partial charge in [0.25, 0.3) is 11.6 Å². The number of nitro groups is 1. The Hall–Kier alpha value is -3.20. The number of halogens is 2. The van der Waals surface area contributed by atoms with Crippen molar-refractivity contribution in [1.29, 1.82) is 0 Å². The van der Waals surface area contributed by atoms with Crippen molar-refractivity contribution in [2.75, 3.05) is 18.1 Å². The minimum atomic E-state index is -0.956. The van der Waals surface area contributed by atoms with Gasteiger partial charge in [0.15, 0.2) is 6.61 Å². The fourth-order valence-corrected chi connectivity index (χ4v) is 3.48. The molecule has 0 saturated carbocycles. The molecular weight excluding hydrogens is 405 g/mol. The molecule has 2 aromatic rings. The van der Waals surface area contributed by atoms with Gasteiger partial charge in [0.05, 0.1) is 16.1 Å². The van der Waals surface area contributed by atoms with Gasteiger partial charge < -0.3 is 10.1 Å². The van der Waals surface area contributed by atoms with E-state index in [1.165, 1.54) is 30.3 Å². The van der Waals surface area contributed by atoms with E-state index in [-0.39, 0.29) is 35.3 Å². The van der Waals surface area contributed by atoms with Gasteiger partial charge in [-0.2, -0.15) is 0 Å². The lowest BCUT2D eigenvalue weighted by atomic mass is 9.94. The Balaban J connectivity index is 1.82. The number of nitro benzene ring substituents is 1. The summed E-state index contributed by atoms with van der Waals surface area (Å²) in [5.74, 6) is -1.27. The van der Waals surface area contributed by atoms with Crippen LogP contribution in [0.5, 0.6) is 5.75 Å². The lowest BCUT2D eigenvalue weighted by Gasteiger charge is -2.32. The van der Waals surface area contributed by atoms with Crippen molar-refractivity contribution in [1.82, 2.24) is 5.32 Å². The van der Waals surface area contributed by atoms with Gasteiger partial charge in [-0.1, -0.05) is 17.7 Å². The third kappa shape index (κ3) is 4.29. The molecule has 8 nitrogen and oxygen atoms in total. The van der Waals surface area contributed by atoms with Crippen LogP contribution < -0.4 is 15.0 Å². The Morgan fingerprint density at radius 2 is 2.07 bits per heavy atom. The predicted octanol–water partition coefficient (Wildman–Crippen LogP) is 3.16. The van der Waals surface area contributed by atoms with Gasteiger partial charge >= 0.3 is 0 Å². The molecule has 1 aliphatic heterocycles. The van der Waals surface area contributed by atoms with Crippen LogP contribution in [0.1, 0.15) is 19.4 Å². The highest BCUT2D eigenvalue weighted by Gasteiger charge is 2.31. The van der Waals surface area contributed by atoms with Gasteiger partial charge in [0, 0.05) is 17.2 Å². The molecule has 152 valence electrons. The van der Waals surface area contributed by atoms with E-state index in [9.17, 15) is 24.1 Å². The van der Waals surface area contributed by atoms with Crippen molar-refractivity contribution in [3.63, 3.8) is 0 Å². The van der Waals surface area contributed by atoms with Gasteiger partial charge in [0.2, 0.25) is 5.91 Å². The Bertz CT molecular complexity index is 1010. The number of nitrogens with one attached hydrogen (secondary N) is 1. The number of non-ortho nitro benzene ring substituents is 1. The second-order valence-corrected chi connectivity index (χ2v) is 7.38. The maximum absolute atomic E-state index is 13.3. The number of rotatable bonds is 5. The summed E-state index contributed by atoms with van der Waals surface area (Å²) in [5.41, 5.74) is -0.546. The molecule has 0 spiro atoms. The van der Waals surface area contributed by atoms with E-state index in [1.54, 1.807) is 13.8 Å². The molecular formula is C19H17ClFN3O5. The monoisotopic (exact) mass is 421 g/mol. The Morgan fingerprint density at radius 1 is 1.34 bits per heavy atom. The number of carbonyl (C=O) groups excluding carboxylic acids is 2. The summed E-state index contributed by atoms with van der Waals surface area (Å²) in [6.45, 7) is 2.71. The summed E-state index contributed by atoms with van der Waals surface area (Å²) < 4.78 is 18.6. The first-order valence-electron chi connectivity index (χ1n) is 8.56. The molecule has 29 heavy (non-hydrogen) atoms. The summed E-state index contributed by atoms with van der Waals surface area (Å²) in [6.07, 6.45) is 0. The van der Waals surface area contributed by atoms with Gasteiger partial charge in [0.1, 0.15) is 18.1 Å². The van der Waals surface area contributed by atoms with E-state index in [2.05, 4.69) is 5.32 Å². The lowest BCUT2D eigenvalue weighted by Crippen LogP contribution is -2.49. The van der Waals surface area contributed by atoms with Crippen LogP contribution in [-0.4, -0.2) is 29.9 Å². The van der Waals surface area contributed by atoms with Gasteiger partial charge in [-0.3, -0.25) is 24.6 Å². The number of nitrogens with zero attached hydrogens (tertiary/aromatic N) is 2. The number of carbonyl (C=O) groups is 2. The Labute approximate surface area is 170 Å². The molecule has 1 N–H and O–H groups in total. The van der Waals surface area contributed by atoms with Gasteiger partial charge in [-0.05, 0) is 37.6 Å². The molecule has 2 amide bonds. The van der Waals surface area contributed by atoms with Crippen LogP contribution in [0.4, 0.5) is 15.8 Å². The molecule has 0 radical (unpaired) electrons. The first-order chi connectivity index (χ1) is 13.6. The van der Waals surface area contributed by atoms with E-state index in [1.807, 2.05) is 0 Å². The zero-order valence-corrected chi connectivity index (χ0v) is 16.3. The van der Waals surface area contributed by atoms with Crippen molar-refractivity contribution in [3.05, 3.63) is 62.9 Å². The van der Waals surface area contributed by atoms with Crippen molar-refractivity contribution in [2.45, 2.75) is 19.4 Å². The lowest BCUT2D eigenvalue weighted by molar-refractivity contribution is -0.384. The maximum Gasteiger partial charge on any atom is 0.271 e. The Morgan fingerprint density at radius 3 is 2.72 bits per heavy atom. The first kappa shape index (κ1) is 20.5. The zero-order valence-electron chi connectivity index (χ0n) is 15.6. The van der Waals surface area contributed by atoms with Crippen LogP contribution in [0.15, 0.2) is 36.4 Å². The average molecular weight is 422 g/mol. The van der Waals surface area contributed by atoms with Crippen LogP contribution in [-0.2, 0) is 15.1 Å². The number of fused-ring (bicyclic) bond motifs is 1. The second kappa shape index (κ2) is 7.67. The number of amides is 2. The number of hydrogen-bond acceptors (Lipinski definition) is 5. The third-order valence-electron chi connectivity index (χ3n) is 4.45. The quantitative estimate of drug-likeness (QED) is 0.590. The molecule has 0 atom stereocenters. The molecule has 0 aromatic heterocycles. The molecule has 2 aromatic carbocycles. The van der Waals surface area contributed by atoms with Crippen LogP contribution >= 0.6 is 11.6 Å². The highest BCUT2D eigenvalue weighted by atomic mass is 35.5. The molecule has 3 rings (SSSR count). The van der Waals surface area contributed by atoms with Gasteiger partial charge in [-0.25, -0.2) is 4.39 Å². The van der Waals surface area contributed by atoms with Crippen LogP contribution in [0.25, 0.3) is 0 Å². The SMILES string of the molecule is CC(C)(NC(=O)CN1C(=O)COc2ccc([N+](=O)[O-])cc21)c1ccc(F)cc1Cl. The maximum atomic E-state index is 13.3. The van der Waals surface area contributed by atoms with Crippen LogP contribution in [0, 0.1) is 15.9 Å². The van der Waals surface area contributed by atoms with Crippen molar-refractivity contribution >= 4 is 34.8 Å². The van der Waals surface area contributed by atoms with Crippen molar-refractivity contribution in [3.8, 4) is 5.75 Å². The highest BCUT2D eigenvalue weighted by Crippen LogP contribution is 2.35. The molecule has 0 bridgehead atoms. The van der Waals surface area contributed by atoms with Crippen LogP contribution in [0.2, 0.25) is 5.02 Å². The minimum absolute atomic E-state index is 0.142. The van der Waals surface area contributed by atoms with E-state index in [4.69, 9.17) is 16.3 Å². The van der Waals surface area contributed by atoms with Crippen molar-refractivity contribution < 1.29 is 23.6 Å². The largest absolute Gasteiger partial charge is 0.482 e. The molecule has 0 saturated heterocycles. The van der Waals surface area contributed by atoms with Crippen LogP contribution in [0.3, 0.4) is 0 Å². The molecule has 10 heteroatoms. The molecule has 1 heterocycles. The van der Waals surface area contributed by atoms with E-state index < -0.39 is 28.1 Å². The fourth-order valence-electron chi connectivity index (χ4n) is 3.07. The third-order valence-corrected chi connectivity index (χ3v) is 4.77. The topological polar surface area (TPSA) is 102 Å². The molecule has 1 aliphatic rings. The zero-order chi connectivity index (χ0) is 21.3. The fraction of sp³-hybridized carbons (Fsp3) is 0.263. The van der Waals surface area contributed by atoms with E-state index >= 15 is 0 Å². The summed E-state index contributed by atoms with van der Waals surface area (Å²) in [4.78, 5) is 36.5. The first-order valence-corrected chi connectivity index (χ1v) is 8.94. The number of ether oxygens (including phenoxy) is 1. The highest BCUT2D eigenvalue weighted by molar-refractivity contribution is 6.31. The van der Waals surface area contributed by atoms with Crippen molar-refractivity contribution in [2.24, 2.45) is 0 Å². The average Bonchev–Trinajstić information content (AvgIpc) is 2.62. The summed E-state index contributed by atoms with van der Waals surface area (Å²) in [7, 11) is 0. The predicted molar refractivity (Wildman–Crippen MR) is 104 cm³/mol. The normalized spacial score (nSPS) is 13.5. The smallest absolute Gasteiger partial charge is 0.271 e. The number of benzene rings is 2. The van der Waals surface area contributed by atoms with Gasteiger partial charge in [-0.15, -0.1) is 0 Å². The molecule has 0 unspecified atom stereocenters. The summed E-state index contributed by atoms with van der Waals surface area (Å²) in [6, 6.07) is 7.67. The van der Waals surface area contributed by atoms with E-state index in [0.29, 0.717) is 5.56 Å².